The molecule has 2 aliphatic heterocycles. The second-order valence-corrected chi connectivity index (χ2v) is 8.65. The Balaban J connectivity index is 1.46. The first-order valence-corrected chi connectivity index (χ1v) is 11.4. The van der Waals surface area contributed by atoms with Crippen molar-refractivity contribution in [3.05, 3.63) is 76.6 Å². The zero-order chi connectivity index (χ0) is 23.7. The molecule has 7 nitrogen and oxygen atoms in total. The van der Waals surface area contributed by atoms with Crippen LogP contribution in [0.5, 0.6) is 0 Å². The van der Waals surface area contributed by atoms with Crippen LogP contribution >= 0.6 is 0 Å². The number of aromatic nitrogens is 1. The molecule has 0 N–H and O–H groups in total. The summed E-state index contributed by atoms with van der Waals surface area (Å²) in [7, 11) is 0. The first kappa shape index (κ1) is 22.5. The smallest absolute Gasteiger partial charge is 0.332 e. The van der Waals surface area contributed by atoms with Crippen LogP contribution in [-0.2, 0) is 4.74 Å². The van der Waals surface area contributed by atoms with E-state index in [1.165, 1.54) is 16.7 Å². The van der Waals surface area contributed by atoms with E-state index in [1.54, 1.807) is 29.2 Å². The van der Waals surface area contributed by atoms with Crippen molar-refractivity contribution in [1.82, 2.24) is 14.4 Å². The van der Waals surface area contributed by atoms with Gasteiger partial charge >= 0.3 is 6.03 Å². The van der Waals surface area contributed by atoms with Gasteiger partial charge in [0.05, 0.1) is 24.8 Å². The van der Waals surface area contributed by atoms with Gasteiger partial charge in [-0.3, -0.25) is 9.69 Å². The fourth-order valence-electron chi connectivity index (χ4n) is 4.77. The van der Waals surface area contributed by atoms with Gasteiger partial charge in [0.15, 0.2) is 11.6 Å². The van der Waals surface area contributed by atoms with E-state index in [4.69, 9.17) is 4.74 Å². The summed E-state index contributed by atoms with van der Waals surface area (Å²) in [5.41, 5.74) is 0.755. The molecule has 0 saturated carbocycles. The molecule has 9 heteroatoms. The molecule has 1 aromatic heterocycles. The molecule has 5 rings (SSSR count). The summed E-state index contributed by atoms with van der Waals surface area (Å²) in [4.78, 5) is 32.4. The lowest BCUT2D eigenvalue weighted by molar-refractivity contribution is 0.0252. The Kier molecular flexibility index (Phi) is 6.30. The van der Waals surface area contributed by atoms with E-state index < -0.39 is 11.6 Å². The van der Waals surface area contributed by atoms with Crippen LogP contribution in [0.4, 0.5) is 19.3 Å². The number of benzene rings is 2. The van der Waals surface area contributed by atoms with Crippen molar-refractivity contribution in [3.8, 4) is 0 Å². The molecule has 0 bridgehead atoms. The molecule has 1 amide bonds. The number of piperazine rings is 1. The lowest BCUT2D eigenvalue weighted by Crippen LogP contribution is -2.61. The summed E-state index contributed by atoms with van der Waals surface area (Å²) in [6.45, 7) is 4.56. The van der Waals surface area contributed by atoms with Gasteiger partial charge in [0.2, 0.25) is 0 Å². The molecular weight excluding hydrogens is 442 g/mol. The third kappa shape index (κ3) is 4.41. The van der Waals surface area contributed by atoms with Gasteiger partial charge in [-0.25, -0.2) is 18.1 Å². The number of hydrogen-bond donors (Lipinski definition) is 0. The summed E-state index contributed by atoms with van der Waals surface area (Å²) in [5, 5.41) is 0.806. The molecule has 2 saturated heterocycles. The Labute approximate surface area is 195 Å². The molecule has 2 aromatic carbocycles. The first-order chi connectivity index (χ1) is 16.5. The lowest BCUT2D eigenvalue weighted by atomic mass is 10.1. The largest absolute Gasteiger partial charge is 0.379 e. The summed E-state index contributed by atoms with van der Waals surface area (Å²) in [6, 6.07) is 13.7. The second-order valence-electron chi connectivity index (χ2n) is 8.65. The number of amides is 1. The predicted octanol–water partition coefficient (Wildman–Crippen LogP) is 2.77. The number of fused-ring (bicyclic) bond motifs is 1. The van der Waals surface area contributed by atoms with Crippen molar-refractivity contribution in [3.63, 3.8) is 0 Å². The maximum Gasteiger partial charge on any atom is 0.332 e. The van der Waals surface area contributed by atoms with Crippen LogP contribution in [0.3, 0.4) is 0 Å². The molecule has 2 fully saturated rings. The molecule has 3 heterocycles. The molecule has 2 aliphatic rings. The van der Waals surface area contributed by atoms with Crippen LogP contribution in [-0.4, -0.2) is 78.9 Å². The van der Waals surface area contributed by atoms with Crippen LogP contribution < -0.4 is 10.5 Å². The van der Waals surface area contributed by atoms with Crippen molar-refractivity contribution in [2.24, 2.45) is 0 Å². The monoisotopic (exact) mass is 468 g/mol. The number of para-hydroxylation sites is 1. The highest BCUT2D eigenvalue weighted by Gasteiger charge is 2.34. The van der Waals surface area contributed by atoms with Crippen molar-refractivity contribution < 1.29 is 18.3 Å². The highest BCUT2D eigenvalue weighted by molar-refractivity contribution is 5.90. The maximum absolute atomic E-state index is 13.9. The predicted molar refractivity (Wildman–Crippen MR) is 125 cm³/mol. The number of hydrogen-bond acceptors (Lipinski definition) is 5. The Morgan fingerprint density at radius 2 is 1.74 bits per heavy atom. The number of pyridine rings is 1. The molecule has 0 aliphatic carbocycles. The highest BCUT2D eigenvalue weighted by atomic mass is 19.2. The number of ether oxygens (including phenoxy) is 1. The zero-order valence-electron chi connectivity index (χ0n) is 18.7. The molecule has 0 spiro atoms. The summed E-state index contributed by atoms with van der Waals surface area (Å²) in [6.07, 6.45) is 0. The van der Waals surface area contributed by atoms with Crippen molar-refractivity contribution in [1.29, 1.82) is 0 Å². The number of carbonyl (C=O) groups excluding carboxylic acids is 1. The minimum absolute atomic E-state index is 0.252. The van der Waals surface area contributed by atoms with Gasteiger partial charge in [-0.05, 0) is 29.7 Å². The van der Waals surface area contributed by atoms with Crippen LogP contribution in [0.25, 0.3) is 10.9 Å². The van der Waals surface area contributed by atoms with Crippen LogP contribution in [0.2, 0.25) is 0 Å². The van der Waals surface area contributed by atoms with Gasteiger partial charge in [-0.15, -0.1) is 0 Å². The third-order valence-electron chi connectivity index (χ3n) is 6.56. The van der Waals surface area contributed by atoms with E-state index in [-0.39, 0.29) is 17.6 Å². The molecule has 1 unspecified atom stereocenters. The Morgan fingerprint density at radius 1 is 0.941 bits per heavy atom. The fraction of sp³-hybridized carbons (Fsp3) is 0.360. The standard InChI is InChI=1S/C25H26F2N4O3/c26-21-7-6-19(15-22(21)27)29-9-10-30(20(17-29)16-28-11-13-34-14-12-28)25(33)31-23-4-2-1-3-18(23)5-8-24(31)32/h1-8,15,20H,9-14,16-17H2. The van der Waals surface area contributed by atoms with Crippen LogP contribution in [0.15, 0.2) is 59.4 Å². The number of morpholine rings is 1. The van der Waals surface area contributed by atoms with Gasteiger partial charge in [-0.1, -0.05) is 18.2 Å². The zero-order valence-corrected chi connectivity index (χ0v) is 18.7. The van der Waals surface area contributed by atoms with Crippen LogP contribution in [0, 0.1) is 11.6 Å². The molecule has 3 aromatic rings. The third-order valence-corrected chi connectivity index (χ3v) is 6.56. The normalized spacial score (nSPS) is 19.5. The van der Waals surface area contributed by atoms with E-state index in [1.807, 2.05) is 17.0 Å². The molecule has 0 radical (unpaired) electrons. The first-order valence-electron chi connectivity index (χ1n) is 11.4. The average Bonchev–Trinajstić information content (AvgIpc) is 2.86. The SMILES string of the molecule is O=C(N1CCN(c2ccc(F)c(F)c2)CC1CN1CCOCC1)n1c(=O)ccc2ccccc21. The minimum atomic E-state index is -0.900. The number of halogens is 2. The van der Waals surface area contributed by atoms with Gasteiger partial charge in [0.25, 0.3) is 5.56 Å². The maximum atomic E-state index is 13.9. The van der Waals surface area contributed by atoms with Gasteiger partial charge in [0, 0.05) is 57.1 Å². The van der Waals surface area contributed by atoms with Crippen LogP contribution in [0.1, 0.15) is 0 Å². The van der Waals surface area contributed by atoms with Gasteiger partial charge in [0.1, 0.15) is 0 Å². The van der Waals surface area contributed by atoms with Crippen molar-refractivity contribution in [2.45, 2.75) is 6.04 Å². The number of nitrogens with zero attached hydrogens (tertiary/aromatic N) is 4. The number of carbonyl (C=O) groups is 1. The van der Waals surface area contributed by atoms with E-state index in [0.717, 1.165) is 24.5 Å². The second kappa shape index (κ2) is 9.52. The summed E-state index contributed by atoms with van der Waals surface area (Å²) in [5.74, 6) is -1.79. The van der Waals surface area contributed by atoms with Gasteiger partial charge < -0.3 is 14.5 Å². The Bertz CT molecular complexity index is 1260. The van der Waals surface area contributed by atoms with Crippen molar-refractivity contribution >= 4 is 22.6 Å². The average molecular weight is 469 g/mol. The highest BCUT2D eigenvalue weighted by Crippen LogP contribution is 2.23. The summed E-state index contributed by atoms with van der Waals surface area (Å²) >= 11 is 0. The molecule has 34 heavy (non-hydrogen) atoms. The van der Waals surface area contributed by atoms with E-state index >= 15 is 0 Å². The Morgan fingerprint density at radius 3 is 2.53 bits per heavy atom. The van der Waals surface area contributed by atoms with Gasteiger partial charge in [-0.2, -0.15) is 0 Å². The van der Waals surface area contributed by atoms with E-state index in [2.05, 4.69) is 4.90 Å². The molecular formula is C25H26F2N4O3. The lowest BCUT2D eigenvalue weighted by Gasteiger charge is -2.44. The number of anilines is 1. The quantitative estimate of drug-likeness (QED) is 0.592. The van der Waals surface area contributed by atoms with E-state index in [9.17, 15) is 18.4 Å². The minimum Gasteiger partial charge on any atom is -0.379 e. The van der Waals surface area contributed by atoms with E-state index in [0.29, 0.717) is 50.6 Å². The number of rotatable bonds is 3. The Hall–Kier alpha value is -3.30. The topological polar surface area (TPSA) is 58.0 Å². The molecule has 178 valence electrons. The van der Waals surface area contributed by atoms with Crippen molar-refractivity contribution in [2.75, 3.05) is 57.4 Å². The summed E-state index contributed by atoms with van der Waals surface area (Å²) < 4.78 is 34.1. The molecule has 1 atom stereocenters. The fourth-order valence-corrected chi connectivity index (χ4v) is 4.77.